The lowest BCUT2D eigenvalue weighted by molar-refractivity contribution is -0.138. The number of likely N-dealkylation sites (tertiary alicyclic amines) is 1. The van der Waals surface area contributed by atoms with E-state index in [9.17, 15) is 18.0 Å². The second-order valence-electron chi connectivity index (χ2n) is 7.68. The fourth-order valence-corrected chi connectivity index (χ4v) is 3.92. The molecule has 0 aliphatic carbocycles. The molecule has 2 aromatic rings. The normalized spacial score (nSPS) is 19.5. The number of hydrogen-bond acceptors (Lipinski definition) is 4. The molecule has 1 aliphatic rings. The molecule has 0 aromatic heterocycles. The van der Waals surface area contributed by atoms with E-state index in [0.717, 1.165) is 11.6 Å². The van der Waals surface area contributed by atoms with Gasteiger partial charge in [-0.15, -0.1) is 0 Å². The Bertz CT molecular complexity index is 845. The molecule has 0 spiro atoms. The minimum atomic E-state index is -4.39. The van der Waals surface area contributed by atoms with Gasteiger partial charge in [-0.2, -0.15) is 13.2 Å². The molecule has 2 atom stereocenters. The van der Waals surface area contributed by atoms with Crippen molar-refractivity contribution in [3.05, 3.63) is 71.3 Å². The van der Waals surface area contributed by atoms with Crippen LogP contribution in [0.3, 0.4) is 0 Å². The van der Waals surface area contributed by atoms with E-state index < -0.39 is 11.7 Å². The standard InChI is InChI=1S/C23H28F3N3O2/c1-31-12-11-27-22(30)21-13-19(16-29(21)15-17-7-3-2-4-8-17)28-14-18-9-5-6-10-20(18)23(24,25)26/h2-10,19,21,28H,11-16H2,1H3,(H,27,30)/t19-,21+/m1/s1. The lowest BCUT2D eigenvalue weighted by atomic mass is 10.1. The number of rotatable bonds is 9. The fraction of sp³-hybridized carbons (Fsp3) is 0.435. The van der Waals surface area contributed by atoms with Crippen LogP contribution in [0.15, 0.2) is 54.6 Å². The molecule has 8 heteroatoms. The average Bonchev–Trinajstić information content (AvgIpc) is 3.15. The van der Waals surface area contributed by atoms with Gasteiger partial charge in [-0.1, -0.05) is 48.5 Å². The van der Waals surface area contributed by atoms with Gasteiger partial charge in [0.2, 0.25) is 5.91 Å². The van der Waals surface area contributed by atoms with Gasteiger partial charge in [0.05, 0.1) is 18.2 Å². The highest BCUT2D eigenvalue weighted by Crippen LogP contribution is 2.32. The third kappa shape index (κ3) is 6.53. The number of carbonyl (C=O) groups is 1. The van der Waals surface area contributed by atoms with Gasteiger partial charge < -0.3 is 15.4 Å². The van der Waals surface area contributed by atoms with Crippen LogP contribution in [0.4, 0.5) is 13.2 Å². The van der Waals surface area contributed by atoms with Crippen molar-refractivity contribution in [2.75, 3.05) is 26.8 Å². The van der Waals surface area contributed by atoms with Gasteiger partial charge >= 0.3 is 6.18 Å². The summed E-state index contributed by atoms with van der Waals surface area (Å²) in [6.45, 7) is 2.11. The molecule has 2 N–H and O–H groups in total. The van der Waals surface area contributed by atoms with Crippen molar-refractivity contribution in [2.45, 2.75) is 37.8 Å². The number of nitrogens with one attached hydrogen (secondary N) is 2. The molecular weight excluding hydrogens is 407 g/mol. The largest absolute Gasteiger partial charge is 0.416 e. The Kier molecular flexibility index (Phi) is 8.06. The Morgan fingerprint density at radius 1 is 1.13 bits per heavy atom. The lowest BCUT2D eigenvalue weighted by Gasteiger charge is -2.23. The summed E-state index contributed by atoms with van der Waals surface area (Å²) in [5, 5.41) is 6.11. The number of carbonyl (C=O) groups excluding carboxylic acids is 1. The zero-order chi connectivity index (χ0) is 22.3. The van der Waals surface area contributed by atoms with E-state index in [1.807, 2.05) is 30.3 Å². The highest BCUT2D eigenvalue weighted by atomic mass is 19.4. The maximum Gasteiger partial charge on any atom is 0.416 e. The van der Waals surface area contributed by atoms with Crippen LogP contribution in [0, 0.1) is 0 Å². The first-order valence-corrected chi connectivity index (χ1v) is 10.3. The first-order chi connectivity index (χ1) is 14.9. The quantitative estimate of drug-likeness (QED) is 0.594. The van der Waals surface area contributed by atoms with Crippen molar-refractivity contribution in [1.29, 1.82) is 0 Å². The maximum absolute atomic E-state index is 13.3. The molecule has 1 aliphatic heterocycles. The van der Waals surface area contributed by atoms with E-state index in [0.29, 0.717) is 32.7 Å². The molecule has 1 amide bonds. The molecular formula is C23H28F3N3O2. The number of methoxy groups -OCH3 is 1. The van der Waals surface area contributed by atoms with E-state index in [2.05, 4.69) is 15.5 Å². The molecule has 0 saturated carbocycles. The molecule has 1 fully saturated rings. The lowest BCUT2D eigenvalue weighted by Crippen LogP contribution is -2.43. The summed E-state index contributed by atoms with van der Waals surface area (Å²) in [6, 6.07) is 15.0. The average molecular weight is 435 g/mol. The van der Waals surface area contributed by atoms with Crippen LogP contribution >= 0.6 is 0 Å². The third-order valence-corrected chi connectivity index (χ3v) is 5.44. The number of halogens is 3. The van der Waals surface area contributed by atoms with E-state index in [-0.39, 0.29) is 30.1 Å². The van der Waals surface area contributed by atoms with Crippen LogP contribution in [0.2, 0.25) is 0 Å². The van der Waals surface area contributed by atoms with E-state index >= 15 is 0 Å². The van der Waals surface area contributed by atoms with Crippen molar-refractivity contribution < 1.29 is 22.7 Å². The zero-order valence-electron chi connectivity index (χ0n) is 17.5. The highest BCUT2D eigenvalue weighted by molar-refractivity contribution is 5.82. The second kappa shape index (κ2) is 10.7. The van der Waals surface area contributed by atoms with Crippen molar-refractivity contribution in [3.8, 4) is 0 Å². The van der Waals surface area contributed by atoms with Crippen molar-refractivity contribution in [2.24, 2.45) is 0 Å². The SMILES string of the molecule is COCCNC(=O)[C@@H]1C[C@@H](NCc2ccccc2C(F)(F)F)CN1Cc1ccccc1. The van der Waals surface area contributed by atoms with Gasteiger partial charge in [0.15, 0.2) is 0 Å². The van der Waals surface area contributed by atoms with Crippen LogP contribution in [0.5, 0.6) is 0 Å². The summed E-state index contributed by atoms with van der Waals surface area (Å²) < 4.78 is 44.8. The van der Waals surface area contributed by atoms with Gasteiger partial charge in [0, 0.05) is 39.3 Å². The zero-order valence-corrected chi connectivity index (χ0v) is 17.5. The predicted molar refractivity (Wildman–Crippen MR) is 112 cm³/mol. The van der Waals surface area contributed by atoms with Crippen molar-refractivity contribution in [3.63, 3.8) is 0 Å². The van der Waals surface area contributed by atoms with Crippen LogP contribution in [0.25, 0.3) is 0 Å². The molecule has 5 nitrogen and oxygen atoms in total. The summed E-state index contributed by atoms with van der Waals surface area (Å²) in [5.74, 6) is -0.0898. The molecule has 1 heterocycles. The predicted octanol–water partition coefficient (Wildman–Crippen LogP) is 3.20. The molecule has 2 aromatic carbocycles. The minimum Gasteiger partial charge on any atom is -0.383 e. The fourth-order valence-electron chi connectivity index (χ4n) is 3.92. The Morgan fingerprint density at radius 3 is 2.55 bits per heavy atom. The second-order valence-corrected chi connectivity index (χ2v) is 7.68. The summed E-state index contributed by atoms with van der Waals surface area (Å²) in [4.78, 5) is 14.8. The Labute approximate surface area is 180 Å². The molecule has 31 heavy (non-hydrogen) atoms. The van der Waals surface area contributed by atoms with Gasteiger partial charge in [0.25, 0.3) is 0 Å². The van der Waals surface area contributed by atoms with Crippen LogP contribution in [-0.4, -0.2) is 49.7 Å². The number of nitrogens with zero attached hydrogens (tertiary/aromatic N) is 1. The third-order valence-electron chi connectivity index (χ3n) is 5.44. The minimum absolute atomic E-state index is 0.0898. The smallest absolute Gasteiger partial charge is 0.383 e. The Balaban J connectivity index is 1.67. The van der Waals surface area contributed by atoms with E-state index in [4.69, 9.17) is 4.74 Å². The number of benzene rings is 2. The summed E-state index contributed by atoms with van der Waals surface area (Å²) in [5.41, 5.74) is 0.661. The van der Waals surface area contributed by atoms with Crippen molar-refractivity contribution >= 4 is 5.91 Å². The van der Waals surface area contributed by atoms with Gasteiger partial charge in [0.1, 0.15) is 0 Å². The molecule has 0 unspecified atom stereocenters. The highest BCUT2D eigenvalue weighted by Gasteiger charge is 2.37. The molecule has 0 bridgehead atoms. The van der Waals surface area contributed by atoms with E-state index in [1.54, 1.807) is 13.2 Å². The monoisotopic (exact) mass is 435 g/mol. The first kappa shape index (κ1) is 23.2. The Morgan fingerprint density at radius 2 is 1.84 bits per heavy atom. The van der Waals surface area contributed by atoms with Crippen LogP contribution in [-0.2, 0) is 28.8 Å². The molecule has 0 radical (unpaired) electrons. The first-order valence-electron chi connectivity index (χ1n) is 10.3. The Hall–Kier alpha value is -2.42. The molecule has 168 valence electrons. The van der Waals surface area contributed by atoms with Gasteiger partial charge in [-0.3, -0.25) is 9.69 Å². The summed E-state index contributed by atoms with van der Waals surface area (Å²) in [7, 11) is 1.57. The summed E-state index contributed by atoms with van der Waals surface area (Å²) >= 11 is 0. The van der Waals surface area contributed by atoms with E-state index in [1.165, 1.54) is 12.1 Å². The number of alkyl halides is 3. The number of ether oxygens (including phenoxy) is 1. The van der Waals surface area contributed by atoms with Crippen LogP contribution in [0.1, 0.15) is 23.1 Å². The van der Waals surface area contributed by atoms with Gasteiger partial charge in [-0.05, 0) is 23.6 Å². The van der Waals surface area contributed by atoms with Gasteiger partial charge in [-0.25, -0.2) is 0 Å². The summed E-state index contributed by atoms with van der Waals surface area (Å²) in [6.07, 6.45) is -3.86. The number of amides is 1. The van der Waals surface area contributed by atoms with Crippen molar-refractivity contribution in [1.82, 2.24) is 15.5 Å². The molecule has 3 rings (SSSR count). The molecule has 1 saturated heterocycles. The van der Waals surface area contributed by atoms with Crippen LogP contribution < -0.4 is 10.6 Å². The number of hydrogen-bond donors (Lipinski definition) is 2. The topological polar surface area (TPSA) is 53.6 Å². The maximum atomic E-state index is 13.3.